The van der Waals surface area contributed by atoms with Gasteiger partial charge in [-0.1, -0.05) is 25.3 Å². The lowest BCUT2D eigenvalue weighted by Gasteiger charge is -2.29. The summed E-state index contributed by atoms with van der Waals surface area (Å²) in [5.74, 6) is -1.82. The molecule has 2 aromatic rings. The number of halogens is 1. The molecule has 0 bridgehead atoms. The molecule has 1 atom stereocenters. The van der Waals surface area contributed by atoms with Crippen molar-refractivity contribution in [3.8, 4) is 22.8 Å². The van der Waals surface area contributed by atoms with Gasteiger partial charge < -0.3 is 20.3 Å². The predicted molar refractivity (Wildman–Crippen MR) is 126 cm³/mol. The van der Waals surface area contributed by atoms with Gasteiger partial charge in [-0.2, -0.15) is 9.49 Å². The Morgan fingerprint density at radius 3 is 2.69 bits per heavy atom. The van der Waals surface area contributed by atoms with Gasteiger partial charge in [0.25, 0.3) is 5.91 Å². The minimum atomic E-state index is -0.984. The van der Waals surface area contributed by atoms with Crippen LogP contribution in [-0.2, 0) is 4.79 Å². The molecule has 0 radical (unpaired) electrons. The van der Waals surface area contributed by atoms with E-state index in [0.717, 1.165) is 32.1 Å². The van der Waals surface area contributed by atoms with Crippen LogP contribution in [0.3, 0.4) is 0 Å². The quantitative estimate of drug-likeness (QED) is 0.483. The Kier molecular flexibility index (Phi) is 7.20. The minimum absolute atomic E-state index is 0.00855. The summed E-state index contributed by atoms with van der Waals surface area (Å²) < 4.78 is 20.2. The first kappa shape index (κ1) is 24.1. The first-order chi connectivity index (χ1) is 16.9. The third kappa shape index (κ3) is 5.38. The lowest BCUT2D eigenvalue weighted by molar-refractivity contribution is -0.137. The zero-order chi connectivity index (χ0) is 24.9. The monoisotopic (exact) mass is 479 g/mol. The number of allylic oxidation sites excluding steroid dienone is 4. The van der Waals surface area contributed by atoms with Gasteiger partial charge in [0, 0.05) is 6.04 Å². The van der Waals surface area contributed by atoms with Crippen molar-refractivity contribution in [1.29, 1.82) is 0 Å². The molecule has 9 heteroatoms. The minimum Gasteiger partial charge on any atom is -0.507 e. The second kappa shape index (κ2) is 10.5. The van der Waals surface area contributed by atoms with Crippen LogP contribution in [0.5, 0.6) is 11.5 Å². The Balaban J connectivity index is 1.75. The molecule has 0 aliphatic heterocycles. The predicted octanol–water partition coefficient (Wildman–Crippen LogP) is 4.44. The number of amides is 1. The highest BCUT2D eigenvalue weighted by atomic mass is 19.1. The maximum Gasteiger partial charge on any atom is 0.305 e. The Bertz CT molecular complexity index is 1280. The molecular weight excluding hydrogens is 453 g/mol. The number of ether oxygens (including phenoxy) is 1. The topological polar surface area (TPSA) is 114 Å². The standard InChI is InChI=1S/C26H26FN3O5/c1-35-23-9-5-8-22(31)25(23)21-14-20(29-30(21)18-12-10-17(27)11-13-18)26(34)28-19(15-24(32)33)16-6-3-2-4-7-16/h5,8-10,12,14,16,19,31H,2-4,6-7,15H2,1H3,(H,28,34)(H,32,33). The molecule has 4 rings (SSSR count). The number of carboxylic acid groups (broad SMARTS) is 1. The molecule has 182 valence electrons. The van der Waals surface area contributed by atoms with Crippen LogP contribution in [0.25, 0.3) is 17.0 Å². The zero-order valence-electron chi connectivity index (χ0n) is 19.3. The zero-order valence-corrected chi connectivity index (χ0v) is 19.3. The maximum absolute atomic E-state index is 13.5. The lowest BCUT2D eigenvalue weighted by Crippen LogP contribution is -2.42. The first-order valence-corrected chi connectivity index (χ1v) is 11.5. The molecule has 1 aromatic carbocycles. The van der Waals surface area contributed by atoms with Crippen molar-refractivity contribution < 1.29 is 28.9 Å². The second-order valence-corrected chi connectivity index (χ2v) is 8.57. The number of aromatic hydroxyl groups is 1. The van der Waals surface area contributed by atoms with E-state index in [1.807, 2.05) is 0 Å². The van der Waals surface area contributed by atoms with E-state index in [0.29, 0.717) is 17.1 Å². The van der Waals surface area contributed by atoms with E-state index in [1.54, 1.807) is 12.1 Å². The van der Waals surface area contributed by atoms with Crippen LogP contribution in [0.15, 0.2) is 53.7 Å². The molecule has 35 heavy (non-hydrogen) atoms. The lowest BCUT2D eigenvalue weighted by atomic mass is 9.82. The molecule has 1 saturated carbocycles. The van der Waals surface area contributed by atoms with Crippen LogP contribution >= 0.6 is 0 Å². The fourth-order valence-corrected chi connectivity index (χ4v) is 4.59. The van der Waals surface area contributed by atoms with Crippen molar-refractivity contribution in [2.75, 3.05) is 7.11 Å². The Morgan fingerprint density at radius 1 is 1.26 bits per heavy atom. The smallest absolute Gasteiger partial charge is 0.305 e. The molecule has 2 aliphatic carbocycles. The highest BCUT2D eigenvalue weighted by molar-refractivity contribution is 5.95. The van der Waals surface area contributed by atoms with Gasteiger partial charge in [-0.05, 0) is 60.6 Å². The van der Waals surface area contributed by atoms with Crippen LogP contribution in [0.2, 0.25) is 0 Å². The fourth-order valence-electron chi connectivity index (χ4n) is 4.59. The van der Waals surface area contributed by atoms with E-state index < -0.39 is 23.7 Å². The van der Waals surface area contributed by atoms with Crippen molar-refractivity contribution in [3.05, 3.63) is 59.4 Å². The van der Waals surface area contributed by atoms with Gasteiger partial charge in [0.2, 0.25) is 0 Å². The van der Waals surface area contributed by atoms with E-state index in [9.17, 15) is 24.2 Å². The summed E-state index contributed by atoms with van der Waals surface area (Å²) >= 11 is 0. The number of phenolic OH excluding ortho intramolecular Hbond substituents is 1. The van der Waals surface area contributed by atoms with Crippen molar-refractivity contribution in [2.24, 2.45) is 5.92 Å². The summed E-state index contributed by atoms with van der Waals surface area (Å²) in [5.41, 5.74) is 5.90. The summed E-state index contributed by atoms with van der Waals surface area (Å²) in [7, 11) is 1.45. The fraction of sp³-hybridized carbons (Fsp3) is 0.346. The third-order valence-corrected chi connectivity index (χ3v) is 6.28. The van der Waals surface area contributed by atoms with Crippen LogP contribution in [0.1, 0.15) is 49.0 Å². The summed E-state index contributed by atoms with van der Waals surface area (Å²) in [4.78, 5) is 24.7. The summed E-state index contributed by atoms with van der Waals surface area (Å²) in [6.45, 7) is 0. The number of benzene rings is 1. The molecular formula is C26H26FN3O5. The van der Waals surface area contributed by atoms with Crippen molar-refractivity contribution in [1.82, 2.24) is 15.1 Å². The van der Waals surface area contributed by atoms with Crippen LogP contribution in [-0.4, -0.2) is 45.0 Å². The Hall–Kier alpha value is -4.06. The molecule has 1 fully saturated rings. The average Bonchev–Trinajstić information content (AvgIpc) is 3.29. The largest absolute Gasteiger partial charge is 0.507 e. The molecule has 1 aromatic heterocycles. The van der Waals surface area contributed by atoms with Gasteiger partial charge in [-0.3, -0.25) is 9.59 Å². The molecule has 1 heterocycles. The van der Waals surface area contributed by atoms with Gasteiger partial charge in [0.05, 0.1) is 24.8 Å². The molecule has 0 spiro atoms. The number of carboxylic acids is 1. The molecule has 3 N–H and O–H groups in total. The molecule has 1 amide bonds. The molecule has 1 unspecified atom stereocenters. The van der Waals surface area contributed by atoms with E-state index in [4.69, 9.17) is 4.74 Å². The summed E-state index contributed by atoms with van der Waals surface area (Å²) in [6.07, 6.45) is 7.24. The normalized spacial score (nSPS) is 16.4. The number of nitrogens with one attached hydrogen (secondary N) is 1. The van der Waals surface area contributed by atoms with Gasteiger partial charge >= 0.3 is 5.97 Å². The summed E-state index contributed by atoms with van der Waals surface area (Å²) in [6, 6.07) is 5.69. The molecule has 8 nitrogen and oxygen atoms in total. The number of hydrogen-bond acceptors (Lipinski definition) is 5. The number of hydrogen-bond donors (Lipinski definition) is 3. The van der Waals surface area contributed by atoms with Gasteiger partial charge in [-0.15, -0.1) is 0 Å². The molecule has 2 aliphatic rings. The van der Waals surface area contributed by atoms with E-state index in [1.165, 1.54) is 36.1 Å². The summed E-state index contributed by atoms with van der Waals surface area (Å²) in [5, 5.41) is 27.3. The maximum atomic E-state index is 13.5. The van der Waals surface area contributed by atoms with Crippen LogP contribution in [0, 0.1) is 5.92 Å². The number of methoxy groups -OCH3 is 1. The Morgan fingerprint density at radius 2 is 2.03 bits per heavy atom. The van der Waals surface area contributed by atoms with E-state index >= 15 is 0 Å². The highest BCUT2D eigenvalue weighted by Crippen LogP contribution is 2.39. The number of rotatable bonds is 8. The number of carbonyl (C=O) groups excluding carboxylic acids is 1. The highest BCUT2D eigenvalue weighted by Gasteiger charge is 2.29. The third-order valence-electron chi connectivity index (χ3n) is 6.28. The molecule has 0 saturated heterocycles. The Labute approximate surface area is 201 Å². The average molecular weight is 480 g/mol. The van der Waals surface area contributed by atoms with E-state index in [2.05, 4.69) is 21.9 Å². The second-order valence-electron chi connectivity index (χ2n) is 8.57. The number of carbonyl (C=O) groups is 2. The van der Waals surface area contributed by atoms with Crippen LogP contribution < -0.4 is 10.1 Å². The number of aliphatic carboxylic acids is 1. The van der Waals surface area contributed by atoms with Gasteiger partial charge in [0.1, 0.15) is 17.2 Å². The van der Waals surface area contributed by atoms with Crippen molar-refractivity contribution in [3.63, 3.8) is 0 Å². The van der Waals surface area contributed by atoms with Gasteiger partial charge in [0.15, 0.2) is 11.5 Å². The van der Waals surface area contributed by atoms with Crippen molar-refractivity contribution in [2.45, 2.75) is 44.6 Å². The number of nitrogens with zero attached hydrogens (tertiary/aromatic N) is 2. The number of aromatic nitrogens is 2. The van der Waals surface area contributed by atoms with Crippen molar-refractivity contribution >= 4 is 17.6 Å². The first-order valence-electron chi connectivity index (χ1n) is 11.5. The van der Waals surface area contributed by atoms with Crippen LogP contribution in [0.4, 0.5) is 4.39 Å². The SMILES string of the molecule is COc1cccc(O)c1-c1cc(C(=O)NC(CC(=O)O)C2CCCCC2)nn1C1=C=C=C(F)C=C1. The van der Waals surface area contributed by atoms with E-state index in [-0.39, 0.29) is 29.3 Å². The number of phenols is 1. The van der Waals surface area contributed by atoms with Gasteiger partial charge in [-0.25, -0.2) is 4.68 Å².